The molecule has 1 saturated heterocycles. The van der Waals surface area contributed by atoms with E-state index in [4.69, 9.17) is 0 Å². The highest BCUT2D eigenvalue weighted by Crippen LogP contribution is 2.23. The van der Waals surface area contributed by atoms with E-state index >= 15 is 0 Å². The smallest absolute Gasteiger partial charge is 0.163 e. The quantitative estimate of drug-likeness (QED) is 0.836. The number of sulfone groups is 1. The Balaban J connectivity index is 1.95. The Morgan fingerprint density at radius 2 is 2.21 bits per heavy atom. The van der Waals surface area contributed by atoms with Gasteiger partial charge in [0.05, 0.1) is 11.0 Å². The highest BCUT2D eigenvalue weighted by atomic mass is 32.2. The van der Waals surface area contributed by atoms with Crippen LogP contribution in [0.15, 0.2) is 18.3 Å². The van der Waals surface area contributed by atoms with Crippen molar-refractivity contribution < 1.29 is 8.42 Å². The van der Waals surface area contributed by atoms with E-state index in [2.05, 4.69) is 10.2 Å². The Kier molecular flexibility index (Phi) is 3.05. The van der Waals surface area contributed by atoms with Crippen molar-refractivity contribution >= 4 is 15.5 Å². The molecule has 1 aliphatic rings. The molecule has 0 bridgehead atoms. The van der Waals surface area contributed by atoms with Crippen molar-refractivity contribution in [2.24, 2.45) is 0 Å². The molecule has 6 heteroatoms. The zero-order valence-corrected chi connectivity index (χ0v) is 11.7. The molecule has 1 aliphatic heterocycles. The SMILES string of the molecule is Cc1cccn2c(CC3CCCCS3(=O)=O)nnc12. The first-order chi connectivity index (χ1) is 9.08. The van der Waals surface area contributed by atoms with Gasteiger partial charge in [0.2, 0.25) is 0 Å². The van der Waals surface area contributed by atoms with Gasteiger partial charge in [-0.2, -0.15) is 0 Å². The molecule has 0 amide bonds. The fourth-order valence-electron chi connectivity index (χ4n) is 2.69. The molecule has 0 aromatic carbocycles. The second-order valence-corrected chi connectivity index (χ2v) is 7.59. The van der Waals surface area contributed by atoms with Crippen LogP contribution in [0.2, 0.25) is 0 Å². The molecule has 3 heterocycles. The van der Waals surface area contributed by atoms with Crippen molar-refractivity contribution in [3.63, 3.8) is 0 Å². The van der Waals surface area contributed by atoms with E-state index < -0.39 is 9.84 Å². The lowest BCUT2D eigenvalue weighted by molar-refractivity contribution is 0.533. The van der Waals surface area contributed by atoms with Crippen molar-refractivity contribution in [1.29, 1.82) is 0 Å². The molecule has 3 rings (SSSR count). The van der Waals surface area contributed by atoms with Gasteiger partial charge in [0.25, 0.3) is 0 Å². The van der Waals surface area contributed by atoms with Gasteiger partial charge in [-0.3, -0.25) is 4.40 Å². The summed E-state index contributed by atoms with van der Waals surface area (Å²) in [5.74, 6) is 1.06. The maximum absolute atomic E-state index is 12.1. The maximum Gasteiger partial charge on any atom is 0.163 e. The lowest BCUT2D eigenvalue weighted by Gasteiger charge is -2.21. The van der Waals surface area contributed by atoms with Gasteiger partial charge in [-0.15, -0.1) is 10.2 Å². The molecule has 1 atom stereocenters. The zero-order valence-electron chi connectivity index (χ0n) is 10.9. The van der Waals surface area contributed by atoms with E-state index in [0.29, 0.717) is 12.2 Å². The molecule has 5 nitrogen and oxygen atoms in total. The standard InChI is InChI=1S/C13H17N3O2S/c1-10-5-4-7-16-12(14-15-13(10)16)9-11-6-2-3-8-19(11,17)18/h4-5,7,11H,2-3,6,8-9H2,1H3. The Hall–Kier alpha value is -1.43. The highest BCUT2D eigenvalue weighted by Gasteiger charge is 2.30. The number of hydrogen-bond acceptors (Lipinski definition) is 4. The van der Waals surface area contributed by atoms with Gasteiger partial charge < -0.3 is 0 Å². The third-order valence-electron chi connectivity index (χ3n) is 3.82. The Bertz CT molecular complexity index is 706. The van der Waals surface area contributed by atoms with Gasteiger partial charge in [-0.05, 0) is 31.4 Å². The summed E-state index contributed by atoms with van der Waals surface area (Å²) in [7, 11) is -2.96. The summed E-state index contributed by atoms with van der Waals surface area (Å²) in [6.45, 7) is 1.98. The van der Waals surface area contributed by atoms with E-state index in [0.717, 1.165) is 36.3 Å². The largest absolute Gasteiger partial charge is 0.286 e. The van der Waals surface area contributed by atoms with Gasteiger partial charge in [0, 0.05) is 12.6 Å². The van der Waals surface area contributed by atoms with E-state index in [9.17, 15) is 8.42 Å². The lowest BCUT2D eigenvalue weighted by Crippen LogP contribution is -2.30. The fraction of sp³-hybridized carbons (Fsp3) is 0.538. The predicted molar refractivity (Wildman–Crippen MR) is 72.9 cm³/mol. The number of nitrogens with zero attached hydrogens (tertiary/aromatic N) is 3. The molecule has 2 aromatic rings. The second kappa shape index (κ2) is 4.59. The van der Waals surface area contributed by atoms with Gasteiger partial charge in [-0.1, -0.05) is 12.5 Å². The molecule has 19 heavy (non-hydrogen) atoms. The van der Waals surface area contributed by atoms with Crippen molar-refractivity contribution in [3.05, 3.63) is 29.7 Å². The van der Waals surface area contributed by atoms with Crippen molar-refractivity contribution in [2.45, 2.75) is 37.9 Å². The van der Waals surface area contributed by atoms with E-state index in [1.54, 1.807) is 0 Å². The molecule has 1 fully saturated rings. The Labute approximate surface area is 112 Å². The molecule has 0 saturated carbocycles. The summed E-state index contributed by atoms with van der Waals surface area (Å²) in [5, 5.41) is 8.02. The normalized spacial score (nSPS) is 22.7. The molecular weight excluding hydrogens is 262 g/mol. The van der Waals surface area contributed by atoms with Crippen LogP contribution < -0.4 is 0 Å². The lowest BCUT2D eigenvalue weighted by atomic mass is 10.1. The van der Waals surface area contributed by atoms with Crippen LogP contribution in [0.4, 0.5) is 0 Å². The molecule has 2 aromatic heterocycles. The van der Waals surface area contributed by atoms with Crippen LogP contribution in [-0.4, -0.2) is 34.0 Å². The van der Waals surface area contributed by atoms with E-state index in [1.807, 2.05) is 29.7 Å². The average molecular weight is 279 g/mol. The van der Waals surface area contributed by atoms with Crippen molar-refractivity contribution in [1.82, 2.24) is 14.6 Å². The molecule has 0 radical (unpaired) electrons. The number of pyridine rings is 1. The van der Waals surface area contributed by atoms with Crippen LogP contribution >= 0.6 is 0 Å². The van der Waals surface area contributed by atoms with Crippen LogP contribution in [-0.2, 0) is 16.3 Å². The molecular formula is C13H17N3O2S. The van der Waals surface area contributed by atoms with Gasteiger partial charge >= 0.3 is 0 Å². The second-order valence-electron chi connectivity index (χ2n) is 5.19. The summed E-state index contributed by atoms with van der Waals surface area (Å²) in [5.41, 5.74) is 1.86. The first kappa shape index (κ1) is 12.6. The van der Waals surface area contributed by atoms with Crippen molar-refractivity contribution in [2.75, 3.05) is 5.75 Å². The predicted octanol–water partition coefficient (Wildman–Crippen LogP) is 1.55. The number of fused-ring (bicyclic) bond motifs is 1. The minimum absolute atomic E-state index is 0.297. The summed E-state index contributed by atoms with van der Waals surface area (Å²) in [6.07, 6.45) is 4.88. The minimum atomic E-state index is -2.96. The zero-order chi connectivity index (χ0) is 13.5. The molecule has 1 unspecified atom stereocenters. The number of aryl methyl sites for hydroxylation is 1. The summed E-state index contributed by atoms with van der Waals surface area (Å²) in [4.78, 5) is 0. The van der Waals surface area contributed by atoms with Gasteiger partial charge in [-0.25, -0.2) is 8.42 Å². The first-order valence-corrected chi connectivity index (χ1v) is 8.30. The monoisotopic (exact) mass is 279 g/mol. The molecule has 102 valence electrons. The molecule has 0 aliphatic carbocycles. The third-order valence-corrected chi connectivity index (χ3v) is 6.10. The van der Waals surface area contributed by atoms with Crippen LogP contribution in [0.25, 0.3) is 5.65 Å². The minimum Gasteiger partial charge on any atom is -0.286 e. The first-order valence-electron chi connectivity index (χ1n) is 6.59. The summed E-state index contributed by atoms with van der Waals surface area (Å²) in [6, 6.07) is 3.91. The number of aromatic nitrogens is 3. The van der Waals surface area contributed by atoms with E-state index in [1.165, 1.54) is 0 Å². The van der Waals surface area contributed by atoms with Crippen LogP contribution in [0.5, 0.6) is 0 Å². The van der Waals surface area contributed by atoms with Crippen LogP contribution in [0.3, 0.4) is 0 Å². The Morgan fingerprint density at radius 3 is 3.00 bits per heavy atom. The third kappa shape index (κ3) is 2.25. The van der Waals surface area contributed by atoms with Crippen LogP contribution in [0, 0.1) is 6.92 Å². The van der Waals surface area contributed by atoms with Gasteiger partial charge in [0.1, 0.15) is 5.82 Å². The number of hydrogen-bond donors (Lipinski definition) is 0. The van der Waals surface area contributed by atoms with Crippen molar-refractivity contribution in [3.8, 4) is 0 Å². The van der Waals surface area contributed by atoms with Crippen LogP contribution in [0.1, 0.15) is 30.7 Å². The highest BCUT2D eigenvalue weighted by molar-refractivity contribution is 7.92. The Morgan fingerprint density at radius 1 is 1.37 bits per heavy atom. The van der Waals surface area contributed by atoms with E-state index in [-0.39, 0.29) is 5.25 Å². The maximum atomic E-state index is 12.1. The fourth-order valence-corrected chi connectivity index (χ4v) is 4.56. The topological polar surface area (TPSA) is 64.3 Å². The summed E-state index contributed by atoms with van der Waals surface area (Å²) < 4.78 is 26.0. The molecule has 0 N–H and O–H groups in total. The number of rotatable bonds is 2. The molecule has 0 spiro atoms. The van der Waals surface area contributed by atoms with Gasteiger partial charge in [0.15, 0.2) is 15.5 Å². The summed E-state index contributed by atoms with van der Waals surface area (Å²) >= 11 is 0. The average Bonchev–Trinajstić information content (AvgIpc) is 2.77.